The molecule has 0 spiro atoms. The summed E-state index contributed by atoms with van der Waals surface area (Å²) in [5.74, 6) is 0.289. The van der Waals surface area contributed by atoms with Gasteiger partial charge in [0.2, 0.25) is 5.91 Å². The van der Waals surface area contributed by atoms with Crippen LogP contribution in [0.5, 0.6) is 0 Å². The minimum Gasteiger partial charge on any atom is -0.338 e. The zero-order valence-corrected chi connectivity index (χ0v) is 14.0. The molecular formula is C15H25ClN2OS. The first-order chi connectivity index (χ1) is 9.11. The lowest BCUT2D eigenvalue weighted by molar-refractivity contribution is -0.131. The number of aryl methyl sites for hydroxylation is 3. The van der Waals surface area contributed by atoms with Crippen molar-refractivity contribution in [3.63, 3.8) is 0 Å². The van der Waals surface area contributed by atoms with Gasteiger partial charge < -0.3 is 10.6 Å². The predicted molar refractivity (Wildman–Crippen MR) is 87.8 cm³/mol. The summed E-state index contributed by atoms with van der Waals surface area (Å²) in [4.78, 5) is 16.9. The van der Waals surface area contributed by atoms with Gasteiger partial charge >= 0.3 is 0 Å². The third-order valence-electron chi connectivity index (χ3n) is 3.95. The maximum Gasteiger partial charge on any atom is 0.222 e. The summed E-state index contributed by atoms with van der Waals surface area (Å²) in [6.07, 6.45) is 4.80. The molecule has 1 aliphatic heterocycles. The minimum absolute atomic E-state index is 0. The SMILES string of the molecule is Cc1cc(CCCC(=O)N2CCCC2CN)c(C)s1.Cl. The van der Waals surface area contributed by atoms with Crippen molar-refractivity contribution in [3.05, 3.63) is 21.4 Å². The molecule has 0 aromatic carbocycles. The Labute approximate surface area is 131 Å². The molecule has 1 fully saturated rings. The molecule has 1 aliphatic rings. The normalized spacial score (nSPS) is 18.1. The van der Waals surface area contributed by atoms with Crippen LogP contribution < -0.4 is 5.73 Å². The molecule has 20 heavy (non-hydrogen) atoms. The van der Waals surface area contributed by atoms with Crippen LogP contribution in [0.25, 0.3) is 0 Å². The third kappa shape index (κ3) is 4.21. The number of nitrogens with zero attached hydrogens (tertiary/aromatic N) is 1. The van der Waals surface area contributed by atoms with Gasteiger partial charge in [-0.05, 0) is 51.2 Å². The number of carbonyl (C=O) groups excluding carboxylic acids is 1. The van der Waals surface area contributed by atoms with E-state index in [2.05, 4.69) is 19.9 Å². The number of hydrogen-bond donors (Lipinski definition) is 1. The Morgan fingerprint density at radius 2 is 2.25 bits per heavy atom. The van der Waals surface area contributed by atoms with Crippen molar-refractivity contribution in [3.8, 4) is 0 Å². The Morgan fingerprint density at radius 1 is 1.50 bits per heavy atom. The molecule has 114 valence electrons. The summed E-state index contributed by atoms with van der Waals surface area (Å²) >= 11 is 1.85. The highest BCUT2D eigenvalue weighted by atomic mass is 35.5. The minimum atomic E-state index is 0. The van der Waals surface area contributed by atoms with Crippen LogP contribution in [0.15, 0.2) is 6.07 Å². The molecule has 2 heterocycles. The number of thiophene rings is 1. The highest BCUT2D eigenvalue weighted by Gasteiger charge is 2.26. The molecule has 1 atom stereocenters. The van der Waals surface area contributed by atoms with Gasteiger partial charge in [0.05, 0.1) is 0 Å². The smallest absolute Gasteiger partial charge is 0.222 e. The van der Waals surface area contributed by atoms with Crippen molar-refractivity contribution < 1.29 is 4.79 Å². The van der Waals surface area contributed by atoms with E-state index < -0.39 is 0 Å². The lowest BCUT2D eigenvalue weighted by Crippen LogP contribution is -2.39. The van der Waals surface area contributed by atoms with Crippen molar-refractivity contribution in [1.82, 2.24) is 4.90 Å². The Hall–Kier alpha value is -0.580. The fourth-order valence-corrected chi connectivity index (χ4v) is 3.89. The van der Waals surface area contributed by atoms with Crippen LogP contribution in [0.1, 0.15) is 41.0 Å². The molecule has 2 rings (SSSR count). The third-order valence-corrected chi connectivity index (χ3v) is 4.96. The summed E-state index contributed by atoms with van der Waals surface area (Å²) in [5, 5.41) is 0. The average Bonchev–Trinajstić information content (AvgIpc) is 2.96. The Kier molecular flexibility index (Phi) is 7.00. The topological polar surface area (TPSA) is 46.3 Å². The van der Waals surface area contributed by atoms with Crippen molar-refractivity contribution >= 4 is 29.7 Å². The predicted octanol–water partition coefficient (Wildman–Crippen LogP) is 3.06. The van der Waals surface area contributed by atoms with Crippen LogP contribution >= 0.6 is 23.7 Å². The van der Waals surface area contributed by atoms with Gasteiger partial charge in [-0.25, -0.2) is 0 Å². The molecule has 1 aromatic rings. The number of hydrogen-bond acceptors (Lipinski definition) is 3. The summed E-state index contributed by atoms with van der Waals surface area (Å²) in [7, 11) is 0. The van der Waals surface area contributed by atoms with Crippen LogP contribution in [0.3, 0.4) is 0 Å². The van der Waals surface area contributed by atoms with Gasteiger partial charge in [0.15, 0.2) is 0 Å². The molecule has 0 radical (unpaired) electrons. The Balaban J connectivity index is 0.00000200. The largest absolute Gasteiger partial charge is 0.338 e. The highest BCUT2D eigenvalue weighted by molar-refractivity contribution is 7.12. The van der Waals surface area contributed by atoms with E-state index in [4.69, 9.17) is 5.73 Å². The quantitative estimate of drug-likeness (QED) is 0.907. The highest BCUT2D eigenvalue weighted by Crippen LogP contribution is 2.23. The van der Waals surface area contributed by atoms with Gasteiger partial charge in [-0.3, -0.25) is 4.79 Å². The van der Waals surface area contributed by atoms with Crippen LogP contribution in [-0.2, 0) is 11.2 Å². The second kappa shape index (κ2) is 8.01. The van der Waals surface area contributed by atoms with Crippen molar-refractivity contribution in [2.75, 3.05) is 13.1 Å². The number of halogens is 1. The number of likely N-dealkylation sites (tertiary alicyclic amines) is 1. The first-order valence-electron chi connectivity index (χ1n) is 7.17. The molecule has 0 bridgehead atoms. The van der Waals surface area contributed by atoms with E-state index in [-0.39, 0.29) is 24.4 Å². The van der Waals surface area contributed by atoms with Crippen molar-refractivity contribution in [2.24, 2.45) is 5.73 Å². The van der Waals surface area contributed by atoms with Crippen LogP contribution in [-0.4, -0.2) is 29.9 Å². The zero-order valence-electron chi connectivity index (χ0n) is 12.4. The lowest BCUT2D eigenvalue weighted by atomic mass is 10.1. The van der Waals surface area contributed by atoms with Crippen LogP contribution in [0.4, 0.5) is 0 Å². The average molecular weight is 317 g/mol. The molecule has 3 nitrogen and oxygen atoms in total. The van der Waals surface area contributed by atoms with E-state index in [9.17, 15) is 4.79 Å². The zero-order chi connectivity index (χ0) is 13.8. The molecule has 0 aliphatic carbocycles. The van der Waals surface area contributed by atoms with Gasteiger partial charge in [-0.2, -0.15) is 0 Å². The molecular weight excluding hydrogens is 292 g/mol. The van der Waals surface area contributed by atoms with Crippen molar-refractivity contribution in [1.29, 1.82) is 0 Å². The molecule has 1 amide bonds. The summed E-state index contributed by atoms with van der Waals surface area (Å²) in [5.41, 5.74) is 7.12. The Bertz CT molecular complexity index is 447. The monoisotopic (exact) mass is 316 g/mol. The maximum absolute atomic E-state index is 12.2. The van der Waals surface area contributed by atoms with Gasteiger partial charge in [0.25, 0.3) is 0 Å². The summed E-state index contributed by atoms with van der Waals surface area (Å²) in [6.45, 7) is 5.81. The van der Waals surface area contributed by atoms with E-state index in [1.54, 1.807) is 0 Å². The van der Waals surface area contributed by atoms with Crippen molar-refractivity contribution in [2.45, 2.75) is 52.0 Å². The van der Waals surface area contributed by atoms with E-state index in [1.807, 2.05) is 16.2 Å². The van der Waals surface area contributed by atoms with Gasteiger partial charge in [-0.15, -0.1) is 23.7 Å². The molecule has 1 saturated heterocycles. The van der Waals surface area contributed by atoms with E-state index in [0.717, 1.165) is 32.2 Å². The number of nitrogens with two attached hydrogens (primary N) is 1. The first kappa shape index (κ1) is 17.5. The number of amides is 1. The summed E-state index contributed by atoms with van der Waals surface area (Å²) < 4.78 is 0. The van der Waals surface area contributed by atoms with E-state index in [1.165, 1.54) is 15.3 Å². The van der Waals surface area contributed by atoms with Crippen LogP contribution in [0, 0.1) is 13.8 Å². The number of carbonyl (C=O) groups is 1. The van der Waals surface area contributed by atoms with Gasteiger partial charge in [0.1, 0.15) is 0 Å². The maximum atomic E-state index is 12.2. The molecule has 2 N–H and O–H groups in total. The van der Waals surface area contributed by atoms with Gasteiger partial charge in [-0.1, -0.05) is 0 Å². The summed E-state index contributed by atoms with van der Waals surface area (Å²) in [6, 6.07) is 2.54. The van der Waals surface area contributed by atoms with Gasteiger partial charge in [0, 0.05) is 35.3 Å². The van der Waals surface area contributed by atoms with E-state index in [0.29, 0.717) is 13.0 Å². The molecule has 0 saturated carbocycles. The standard InChI is InChI=1S/C15H24N2OS.ClH/c1-11-9-13(12(2)19-11)5-3-7-15(18)17-8-4-6-14(17)10-16;/h9,14H,3-8,10,16H2,1-2H3;1H. The molecule has 1 aromatic heterocycles. The second-order valence-corrected chi connectivity index (χ2v) is 6.87. The molecule has 1 unspecified atom stereocenters. The lowest BCUT2D eigenvalue weighted by Gasteiger charge is -2.23. The fourth-order valence-electron chi connectivity index (χ4n) is 2.91. The number of rotatable bonds is 5. The van der Waals surface area contributed by atoms with Crippen LogP contribution in [0.2, 0.25) is 0 Å². The van der Waals surface area contributed by atoms with E-state index >= 15 is 0 Å². The molecule has 5 heteroatoms. The second-order valence-electron chi connectivity index (χ2n) is 5.41. The fraction of sp³-hybridized carbons (Fsp3) is 0.667. The first-order valence-corrected chi connectivity index (χ1v) is 7.99. The Morgan fingerprint density at radius 3 is 2.85 bits per heavy atom.